The van der Waals surface area contributed by atoms with Gasteiger partial charge in [0, 0.05) is 38.9 Å². The number of piperidine rings is 1. The van der Waals surface area contributed by atoms with E-state index in [1.54, 1.807) is 24.0 Å². The highest BCUT2D eigenvalue weighted by Crippen LogP contribution is 2.33. The predicted molar refractivity (Wildman–Crippen MR) is 111 cm³/mol. The molecule has 2 fully saturated rings. The summed E-state index contributed by atoms with van der Waals surface area (Å²) in [6.07, 6.45) is 4.86. The summed E-state index contributed by atoms with van der Waals surface area (Å²) in [7, 11) is 1.77. The van der Waals surface area contributed by atoms with Crippen molar-refractivity contribution < 1.29 is 19.1 Å². The molecular weight excluding hydrogens is 414 g/mol. The van der Waals surface area contributed by atoms with Crippen molar-refractivity contribution in [2.24, 2.45) is 13.0 Å². The second-order valence-electron chi connectivity index (χ2n) is 8.89. The molecule has 0 radical (unpaired) electrons. The van der Waals surface area contributed by atoms with Crippen molar-refractivity contribution >= 4 is 11.8 Å². The van der Waals surface area contributed by atoms with Gasteiger partial charge >= 0.3 is 0 Å². The zero-order valence-corrected chi connectivity index (χ0v) is 18.3. The molecule has 172 valence electrons. The number of aryl methyl sites for hydroxylation is 1. The van der Waals surface area contributed by atoms with Crippen molar-refractivity contribution in [3.8, 4) is 0 Å². The normalized spacial score (nSPS) is 23.8. The molecule has 0 bridgehead atoms. The molecule has 2 aromatic heterocycles. The molecule has 1 atom stereocenters. The van der Waals surface area contributed by atoms with Crippen LogP contribution in [0, 0.1) is 5.92 Å². The molecule has 2 amide bonds. The molecule has 0 aliphatic carbocycles. The quantitative estimate of drug-likeness (QED) is 0.720. The van der Waals surface area contributed by atoms with Crippen LogP contribution in [0.25, 0.3) is 0 Å². The summed E-state index contributed by atoms with van der Waals surface area (Å²) in [6.45, 7) is 3.72. The minimum atomic E-state index is -0.476. The first-order valence-electron chi connectivity index (χ1n) is 11.2. The second kappa shape index (κ2) is 8.62. The van der Waals surface area contributed by atoms with Crippen LogP contribution in [0.15, 0.2) is 12.3 Å². The lowest BCUT2D eigenvalue weighted by Gasteiger charge is -2.44. The van der Waals surface area contributed by atoms with Crippen LogP contribution in [0.3, 0.4) is 0 Å². The van der Waals surface area contributed by atoms with Gasteiger partial charge in [-0.25, -0.2) is 4.68 Å². The Morgan fingerprint density at radius 3 is 2.91 bits per heavy atom. The van der Waals surface area contributed by atoms with Gasteiger partial charge in [-0.15, -0.1) is 5.10 Å². The Kier molecular flexibility index (Phi) is 5.68. The number of rotatable bonds is 4. The second-order valence-corrected chi connectivity index (χ2v) is 8.89. The van der Waals surface area contributed by atoms with E-state index in [0.717, 1.165) is 37.1 Å². The van der Waals surface area contributed by atoms with E-state index in [4.69, 9.17) is 9.47 Å². The first-order chi connectivity index (χ1) is 15.5. The molecule has 3 aliphatic rings. The largest absolute Gasteiger partial charge is 0.381 e. The van der Waals surface area contributed by atoms with E-state index < -0.39 is 5.60 Å². The zero-order valence-electron chi connectivity index (χ0n) is 18.3. The third kappa shape index (κ3) is 4.02. The summed E-state index contributed by atoms with van der Waals surface area (Å²) >= 11 is 0. The Morgan fingerprint density at radius 2 is 2.12 bits per heavy atom. The predicted octanol–water partition coefficient (Wildman–Crippen LogP) is 0.260. The average Bonchev–Trinajstić information content (AvgIpc) is 3.43. The zero-order chi connectivity index (χ0) is 22.1. The molecule has 0 aromatic carbocycles. The van der Waals surface area contributed by atoms with Gasteiger partial charge < -0.3 is 19.7 Å². The molecule has 2 saturated heterocycles. The highest BCUT2D eigenvalue weighted by Gasteiger charge is 2.43. The van der Waals surface area contributed by atoms with Gasteiger partial charge in [0.25, 0.3) is 5.91 Å². The Hall–Kier alpha value is -2.79. The third-order valence-electron chi connectivity index (χ3n) is 6.76. The number of fused-ring (bicyclic) bond motifs is 1. The van der Waals surface area contributed by atoms with Crippen LogP contribution in [-0.4, -0.2) is 73.4 Å². The van der Waals surface area contributed by atoms with Gasteiger partial charge in [-0.05, 0) is 31.7 Å². The highest BCUT2D eigenvalue weighted by molar-refractivity contribution is 5.92. The van der Waals surface area contributed by atoms with Gasteiger partial charge in [-0.2, -0.15) is 5.10 Å². The summed E-state index contributed by atoms with van der Waals surface area (Å²) in [5.41, 5.74) is 1.72. The molecule has 5 heterocycles. The minimum absolute atomic E-state index is 0.000133. The van der Waals surface area contributed by atoms with Gasteiger partial charge in [0.2, 0.25) is 5.91 Å². The van der Waals surface area contributed by atoms with E-state index in [2.05, 4.69) is 20.7 Å². The van der Waals surface area contributed by atoms with Crippen LogP contribution < -0.4 is 5.32 Å². The number of ether oxygens (including phenoxy) is 2. The third-order valence-corrected chi connectivity index (χ3v) is 6.76. The lowest BCUT2D eigenvalue weighted by atomic mass is 9.91. The van der Waals surface area contributed by atoms with Crippen molar-refractivity contribution in [3.05, 3.63) is 29.3 Å². The molecule has 0 saturated carbocycles. The Balaban J connectivity index is 1.23. The lowest BCUT2D eigenvalue weighted by molar-refractivity contribution is -0.128. The number of hydrogen-bond acceptors (Lipinski definition) is 7. The molecule has 11 nitrogen and oxygen atoms in total. The van der Waals surface area contributed by atoms with Crippen LogP contribution in [-0.2, 0) is 41.0 Å². The Labute approximate surface area is 186 Å². The summed E-state index contributed by atoms with van der Waals surface area (Å²) in [5.74, 6) is 0.00767. The van der Waals surface area contributed by atoms with Crippen molar-refractivity contribution in [2.45, 2.75) is 51.0 Å². The van der Waals surface area contributed by atoms with E-state index in [1.807, 2.05) is 9.58 Å². The smallest absolute Gasteiger partial charge is 0.272 e. The molecule has 1 N–H and O–H groups in total. The fourth-order valence-corrected chi connectivity index (χ4v) is 4.87. The lowest BCUT2D eigenvalue weighted by Crippen LogP contribution is -2.55. The van der Waals surface area contributed by atoms with Crippen LogP contribution >= 0.6 is 0 Å². The summed E-state index contributed by atoms with van der Waals surface area (Å²) in [5, 5.41) is 15.7. The number of carbonyl (C=O) groups excluding carboxylic acids is 2. The Morgan fingerprint density at radius 1 is 1.28 bits per heavy atom. The number of likely N-dealkylation sites (tertiary alicyclic amines) is 1. The Bertz CT molecular complexity index is 996. The monoisotopic (exact) mass is 443 g/mol. The summed E-state index contributed by atoms with van der Waals surface area (Å²) in [4.78, 5) is 27.2. The maximum Gasteiger partial charge on any atom is 0.272 e. The van der Waals surface area contributed by atoms with Crippen molar-refractivity contribution in [1.82, 2.24) is 35.0 Å². The van der Waals surface area contributed by atoms with E-state index >= 15 is 0 Å². The van der Waals surface area contributed by atoms with E-state index in [9.17, 15) is 9.59 Å². The van der Waals surface area contributed by atoms with E-state index in [-0.39, 0.29) is 17.7 Å². The van der Waals surface area contributed by atoms with E-state index in [1.165, 1.54) is 0 Å². The first kappa shape index (κ1) is 21.1. The van der Waals surface area contributed by atoms with Crippen LogP contribution in [0.1, 0.15) is 47.6 Å². The molecule has 32 heavy (non-hydrogen) atoms. The molecule has 1 spiro atoms. The fraction of sp³-hybridized carbons (Fsp3) is 0.667. The molecule has 2 aromatic rings. The standard InChI is InChI=1S/C21H29N7O4/c1-26-17(3-7-23-26)20(30)27-8-2-6-21(13-27)14-28-18(12-32-21)16(24-25-28)11-22-19(29)15-4-9-31-10-5-15/h3,7,15H,2,4-6,8-14H2,1H3,(H,22,29). The van der Waals surface area contributed by atoms with Gasteiger partial charge in [0.15, 0.2) is 0 Å². The summed E-state index contributed by atoms with van der Waals surface area (Å²) in [6, 6.07) is 1.74. The number of aromatic nitrogens is 5. The van der Waals surface area contributed by atoms with Gasteiger partial charge in [0.05, 0.1) is 31.9 Å². The maximum atomic E-state index is 13.0. The van der Waals surface area contributed by atoms with Gasteiger partial charge in [-0.1, -0.05) is 5.21 Å². The fourth-order valence-electron chi connectivity index (χ4n) is 4.87. The molecular formula is C21H29N7O4. The van der Waals surface area contributed by atoms with Gasteiger partial charge in [-0.3, -0.25) is 14.3 Å². The topological polar surface area (TPSA) is 116 Å². The molecule has 11 heteroatoms. The molecule has 5 rings (SSSR count). The molecule has 1 unspecified atom stereocenters. The number of carbonyl (C=O) groups is 2. The number of hydrogen-bond donors (Lipinski definition) is 1. The van der Waals surface area contributed by atoms with Crippen molar-refractivity contribution in [2.75, 3.05) is 26.3 Å². The van der Waals surface area contributed by atoms with Crippen molar-refractivity contribution in [3.63, 3.8) is 0 Å². The maximum absolute atomic E-state index is 13.0. The van der Waals surface area contributed by atoms with Crippen molar-refractivity contribution in [1.29, 1.82) is 0 Å². The van der Waals surface area contributed by atoms with Crippen LogP contribution in [0.4, 0.5) is 0 Å². The van der Waals surface area contributed by atoms with E-state index in [0.29, 0.717) is 51.7 Å². The molecule has 3 aliphatic heterocycles. The number of nitrogens with one attached hydrogen (secondary N) is 1. The number of nitrogens with zero attached hydrogens (tertiary/aromatic N) is 6. The van der Waals surface area contributed by atoms with Gasteiger partial charge in [0.1, 0.15) is 17.0 Å². The summed E-state index contributed by atoms with van der Waals surface area (Å²) < 4.78 is 15.1. The van der Waals surface area contributed by atoms with Crippen LogP contribution in [0.2, 0.25) is 0 Å². The minimum Gasteiger partial charge on any atom is -0.381 e. The number of amides is 2. The SMILES string of the molecule is Cn1nccc1C(=O)N1CCCC2(C1)Cn1nnc(CNC(=O)C3CCOCC3)c1CO2. The average molecular weight is 444 g/mol. The van der Waals surface area contributed by atoms with Crippen LogP contribution in [0.5, 0.6) is 0 Å². The first-order valence-corrected chi connectivity index (χ1v) is 11.2. The highest BCUT2D eigenvalue weighted by atomic mass is 16.5.